The molecule has 37 heavy (non-hydrogen) atoms. The fourth-order valence-electron chi connectivity index (χ4n) is 2.86. The van der Waals surface area contributed by atoms with Gasteiger partial charge in [-0.1, -0.05) is 5.92 Å². The Bertz CT molecular complexity index is 1120. The summed E-state index contributed by atoms with van der Waals surface area (Å²) < 4.78 is 10.4. The number of hydrogen-bond acceptors (Lipinski definition) is 9. The highest BCUT2D eigenvalue weighted by Crippen LogP contribution is 2.17. The van der Waals surface area contributed by atoms with Crippen LogP contribution in [0.4, 0.5) is 9.59 Å². The maximum Gasteiger partial charge on any atom is 0.414 e. The van der Waals surface area contributed by atoms with Crippen molar-refractivity contribution >= 4 is 35.9 Å². The molecule has 2 N–H and O–H groups in total. The van der Waals surface area contributed by atoms with Crippen LogP contribution in [-0.2, 0) is 30.4 Å². The number of hydrogen-bond donors (Lipinski definition) is 2. The molecule has 12 heteroatoms. The van der Waals surface area contributed by atoms with Crippen LogP contribution in [0, 0.1) is 12.3 Å². The minimum absolute atomic E-state index is 0.0325. The number of benzene rings is 1. The lowest BCUT2D eigenvalue weighted by Crippen LogP contribution is -2.47. The summed E-state index contributed by atoms with van der Waals surface area (Å²) in [5.41, 5.74) is -0.961. The van der Waals surface area contributed by atoms with E-state index in [0.717, 1.165) is 0 Å². The predicted octanol–water partition coefficient (Wildman–Crippen LogP) is 2.79. The van der Waals surface area contributed by atoms with Gasteiger partial charge in [-0.2, -0.15) is 0 Å². The minimum atomic E-state index is -0.968. The van der Waals surface area contributed by atoms with Gasteiger partial charge in [-0.05, 0) is 65.3 Å². The molecule has 0 unspecified atom stereocenters. The van der Waals surface area contributed by atoms with Gasteiger partial charge in [0, 0.05) is 18.4 Å². The van der Waals surface area contributed by atoms with Crippen LogP contribution < -0.4 is 10.6 Å². The summed E-state index contributed by atoms with van der Waals surface area (Å²) >= 11 is 0. The lowest BCUT2D eigenvalue weighted by Gasteiger charge is -2.22. The Kier molecular flexibility index (Phi) is 9.01. The number of amides is 4. The highest BCUT2D eigenvalue weighted by atomic mass is 16.7. The number of rotatable bonds is 4. The molecular weight excluding hydrogens is 484 g/mol. The van der Waals surface area contributed by atoms with E-state index in [9.17, 15) is 24.0 Å². The minimum Gasteiger partial charge on any atom is -0.444 e. The summed E-state index contributed by atoms with van der Waals surface area (Å²) in [6.45, 7) is 9.84. The number of hydroxylamine groups is 2. The van der Waals surface area contributed by atoms with E-state index in [1.54, 1.807) is 47.6 Å². The van der Waals surface area contributed by atoms with Gasteiger partial charge >= 0.3 is 18.2 Å². The summed E-state index contributed by atoms with van der Waals surface area (Å²) in [5, 5.41) is 5.12. The molecular formula is C25H30N4O8. The third kappa shape index (κ3) is 9.64. The number of terminal acetylenes is 1. The zero-order chi connectivity index (χ0) is 28.0. The fraction of sp³-hybridized carbons (Fsp3) is 0.440. The molecule has 1 aromatic carbocycles. The monoisotopic (exact) mass is 514 g/mol. The Morgan fingerprint density at radius 1 is 0.946 bits per heavy atom. The Hall–Kier alpha value is -4.40. The Morgan fingerprint density at radius 2 is 1.46 bits per heavy atom. The van der Waals surface area contributed by atoms with Gasteiger partial charge in [0.2, 0.25) is 5.96 Å². The lowest BCUT2D eigenvalue weighted by atomic mass is 10.1. The molecule has 0 aromatic heterocycles. The van der Waals surface area contributed by atoms with Gasteiger partial charge in [-0.25, -0.2) is 19.4 Å². The van der Waals surface area contributed by atoms with Crippen LogP contribution in [0.25, 0.3) is 0 Å². The van der Waals surface area contributed by atoms with E-state index in [2.05, 4.69) is 21.5 Å². The second-order valence-corrected chi connectivity index (χ2v) is 9.94. The third-order valence-electron chi connectivity index (χ3n) is 4.23. The van der Waals surface area contributed by atoms with Crippen LogP contribution in [0.3, 0.4) is 0 Å². The summed E-state index contributed by atoms with van der Waals surface area (Å²) in [4.78, 5) is 69.7. The smallest absolute Gasteiger partial charge is 0.414 e. The number of carbonyl (C=O) groups is 5. The predicted molar refractivity (Wildman–Crippen MR) is 131 cm³/mol. The average molecular weight is 515 g/mol. The number of aliphatic imine (C=N–C) groups is 1. The van der Waals surface area contributed by atoms with Crippen LogP contribution >= 0.6 is 0 Å². The molecule has 0 aliphatic carbocycles. The number of alkyl carbamates (subject to hydrolysis) is 2. The molecule has 0 atom stereocenters. The van der Waals surface area contributed by atoms with Crippen LogP contribution in [0.2, 0.25) is 0 Å². The molecule has 1 aliphatic heterocycles. The summed E-state index contributed by atoms with van der Waals surface area (Å²) in [7, 11) is 0. The number of guanidine groups is 1. The normalized spacial score (nSPS) is 13.4. The molecule has 0 radical (unpaired) electrons. The summed E-state index contributed by atoms with van der Waals surface area (Å²) in [5.74, 6) is -0.0904. The Morgan fingerprint density at radius 3 is 1.92 bits per heavy atom. The van der Waals surface area contributed by atoms with Crippen molar-refractivity contribution in [2.24, 2.45) is 4.99 Å². The first kappa shape index (κ1) is 28.8. The molecule has 198 valence electrons. The highest BCUT2D eigenvalue weighted by Gasteiger charge is 2.33. The van der Waals surface area contributed by atoms with E-state index in [0.29, 0.717) is 16.2 Å². The maximum atomic E-state index is 12.6. The van der Waals surface area contributed by atoms with Gasteiger partial charge in [-0.15, -0.1) is 11.5 Å². The summed E-state index contributed by atoms with van der Waals surface area (Å²) in [6.07, 6.45) is 3.66. The zero-order valence-electron chi connectivity index (χ0n) is 21.6. The first-order valence-corrected chi connectivity index (χ1v) is 11.3. The maximum absolute atomic E-state index is 12.6. The van der Waals surface area contributed by atoms with E-state index in [-0.39, 0.29) is 30.9 Å². The molecule has 1 heterocycles. The highest BCUT2D eigenvalue weighted by molar-refractivity contribution is 6.03. The van der Waals surface area contributed by atoms with Crippen molar-refractivity contribution in [1.82, 2.24) is 15.7 Å². The number of ether oxygens (including phenoxy) is 2. The van der Waals surface area contributed by atoms with Crippen molar-refractivity contribution in [2.75, 3.05) is 0 Å². The standard InChI is InChI=1S/C25H30N4O8/c1-8-15-11-16(13-17(12-15)20(32)37-29-18(30)9-10-19(29)31)14-26-21(27-22(33)35-24(2,3)4)28-23(34)36-25(5,6)7/h1,11-13H,9-10,14H2,2-7H3,(H2,26,27,28,33,34). The molecule has 0 bridgehead atoms. The van der Waals surface area contributed by atoms with E-state index in [1.165, 1.54) is 12.1 Å². The second-order valence-electron chi connectivity index (χ2n) is 9.94. The second kappa shape index (κ2) is 11.6. The van der Waals surface area contributed by atoms with Crippen LogP contribution in [0.1, 0.15) is 75.9 Å². The third-order valence-corrected chi connectivity index (χ3v) is 4.23. The van der Waals surface area contributed by atoms with E-state index in [1.807, 2.05) is 0 Å². The topological polar surface area (TPSA) is 153 Å². The number of imide groups is 1. The van der Waals surface area contributed by atoms with Gasteiger partial charge in [0.15, 0.2) is 0 Å². The van der Waals surface area contributed by atoms with Crippen molar-refractivity contribution in [3.63, 3.8) is 0 Å². The van der Waals surface area contributed by atoms with Gasteiger partial charge in [0.25, 0.3) is 11.8 Å². The molecule has 1 saturated heterocycles. The van der Waals surface area contributed by atoms with Crippen molar-refractivity contribution in [2.45, 2.75) is 72.1 Å². The average Bonchev–Trinajstić information content (AvgIpc) is 3.06. The first-order chi connectivity index (χ1) is 17.1. The van der Waals surface area contributed by atoms with Crippen LogP contribution in [0.5, 0.6) is 0 Å². The SMILES string of the molecule is C#Cc1cc(CN=C(NC(=O)OC(C)(C)C)NC(=O)OC(C)(C)C)cc(C(=O)ON2C(=O)CCC2=O)c1. The van der Waals surface area contributed by atoms with Crippen LogP contribution in [-0.4, -0.2) is 52.2 Å². The quantitative estimate of drug-likeness (QED) is 0.269. The Labute approximate surface area is 214 Å². The van der Waals surface area contributed by atoms with Gasteiger partial charge in [0.05, 0.1) is 12.1 Å². The largest absolute Gasteiger partial charge is 0.444 e. The molecule has 1 fully saturated rings. The van der Waals surface area contributed by atoms with Crippen molar-refractivity contribution in [3.8, 4) is 12.3 Å². The number of carbonyl (C=O) groups excluding carboxylic acids is 5. The van der Waals surface area contributed by atoms with Crippen molar-refractivity contribution in [3.05, 3.63) is 34.9 Å². The first-order valence-electron chi connectivity index (χ1n) is 11.3. The van der Waals surface area contributed by atoms with E-state index in [4.69, 9.17) is 20.7 Å². The van der Waals surface area contributed by atoms with Gasteiger partial charge in [0.1, 0.15) is 11.2 Å². The molecule has 4 amide bonds. The number of nitrogens with zero attached hydrogens (tertiary/aromatic N) is 2. The van der Waals surface area contributed by atoms with E-state index < -0.39 is 41.2 Å². The molecule has 0 saturated carbocycles. The molecule has 2 rings (SSSR count). The fourth-order valence-corrected chi connectivity index (χ4v) is 2.86. The molecule has 1 aromatic rings. The lowest BCUT2D eigenvalue weighted by molar-refractivity contribution is -0.172. The molecule has 1 aliphatic rings. The van der Waals surface area contributed by atoms with Gasteiger partial charge in [-0.3, -0.25) is 20.2 Å². The summed E-state index contributed by atoms with van der Waals surface area (Å²) in [6, 6.07) is 4.28. The van der Waals surface area contributed by atoms with Gasteiger partial charge < -0.3 is 14.3 Å². The molecule has 0 spiro atoms. The number of nitrogens with one attached hydrogen (secondary N) is 2. The van der Waals surface area contributed by atoms with E-state index >= 15 is 0 Å². The molecule has 12 nitrogen and oxygen atoms in total. The Balaban J connectivity index is 2.27. The zero-order valence-corrected chi connectivity index (χ0v) is 21.6. The van der Waals surface area contributed by atoms with Crippen molar-refractivity contribution in [1.29, 1.82) is 0 Å². The van der Waals surface area contributed by atoms with Crippen LogP contribution in [0.15, 0.2) is 23.2 Å². The van der Waals surface area contributed by atoms with Crippen molar-refractivity contribution < 1.29 is 38.3 Å².